The molecule has 2 amide bonds. The second kappa shape index (κ2) is 6.28. The predicted molar refractivity (Wildman–Crippen MR) is 93.0 cm³/mol. The van der Waals surface area contributed by atoms with Crippen molar-refractivity contribution in [2.75, 3.05) is 4.90 Å². The number of nitrogens with zero attached hydrogens (tertiary/aromatic N) is 1. The number of anilines is 1. The van der Waals surface area contributed by atoms with Crippen LogP contribution in [0.15, 0.2) is 47.4 Å². The lowest BCUT2D eigenvalue weighted by atomic mass is 10.2. The number of aromatic hydroxyl groups is 1. The molecule has 1 fully saturated rings. The van der Waals surface area contributed by atoms with Crippen LogP contribution in [0.4, 0.5) is 10.5 Å². The van der Waals surface area contributed by atoms with Crippen molar-refractivity contribution in [2.24, 2.45) is 0 Å². The van der Waals surface area contributed by atoms with Crippen molar-refractivity contribution < 1.29 is 14.7 Å². The number of halogens is 2. The average Bonchev–Trinajstić information content (AvgIpc) is 2.77. The zero-order valence-corrected chi connectivity index (χ0v) is 13.8. The van der Waals surface area contributed by atoms with E-state index in [0.29, 0.717) is 21.3 Å². The maximum atomic E-state index is 12.5. The van der Waals surface area contributed by atoms with Crippen LogP contribution < -0.4 is 4.90 Å². The zero-order chi connectivity index (χ0) is 16.6. The van der Waals surface area contributed by atoms with Crippen LogP contribution in [-0.2, 0) is 4.79 Å². The molecule has 0 saturated carbocycles. The molecule has 7 heteroatoms. The highest BCUT2D eigenvalue weighted by molar-refractivity contribution is 8.19. The number of rotatable bonds is 2. The summed E-state index contributed by atoms with van der Waals surface area (Å²) in [5.74, 6) is -0.495. The maximum Gasteiger partial charge on any atom is 0.298 e. The summed E-state index contributed by atoms with van der Waals surface area (Å²) in [6.45, 7) is 0. The third-order valence-corrected chi connectivity index (χ3v) is 4.58. The fraction of sp³-hybridized carbons (Fsp3) is 0. The van der Waals surface area contributed by atoms with Crippen molar-refractivity contribution in [1.29, 1.82) is 0 Å². The monoisotopic (exact) mass is 365 g/mol. The smallest absolute Gasteiger partial charge is 0.298 e. The Morgan fingerprint density at radius 1 is 1.09 bits per heavy atom. The first kappa shape index (κ1) is 15.9. The second-order valence-corrected chi connectivity index (χ2v) is 6.54. The summed E-state index contributed by atoms with van der Waals surface area (Å²) < 4.78 is 0. The van der Waals surface area contributed by atoms with E-state index in [1.165, 1.54) is 18.2 Å². The molecule has 2 aromatic carbocycles. The van der Waals surface area contributed by atoms with Gasteiger partial charge in [-0.25, -0.2) is 4.90 Å². The molecule has 0 aliphatic carbocycles. The van der Waals surface area contributed by atoms with Gasteiger partial charge in [0, 0.05) is 16.1 Å². The Morgan fingerprint density at radius 3 is 2.61 bits per heavy atom. The molecule has 0 aromatic heterocycles. The lowest BCUT2D eigenvalue weighted by Gasteiger charge is -2.12. The van der Waals surface area contributed by atoms with E-state index in [1.807, 2.05) is 0 Å². The first-order valence-electron chi connectivity index (χ1n) is 6.48. The van der Waals surface area contributed by atoms with Gasteiger partial charge in [0.1, 0.15) is 5.75 Å². The zero-order valence-electron chi connectivity index (χ0n) is 11.5. The summed E-state index contributed by atoms with van der Waals surface area (Å²) in [5, 5.41) is 9.98. The Hall–Kier alpha value is -1.95. The van der Waals surface area contributed by atoms with Crippen LogP contribution in [0.25, 0.3) is 6.08 Å². The summed E-state index contributed by atoms with van der Waals surface area (Å²) in [5.41, 5.74) is 0.869. The van der Waals surface area contributed by atoms with Crippen molar-refractivity contribution in [3.05, 3.63) is 63.0 Å². The van der Waals surface area contributed by atoms with E-state index in [4.69, 9.17) is 23.2 Å². The van der Waals surface area contributed by atoms with Crippen molar-refractivity contribution in [3.8, 4) is 5.75 Å². The molecule has 2 aromatic rings. The van der Waals surface area contributed by atoms with E-state index in [0.717, 1.165) is 16.7 Å². The van der Waals surface area contributed by atoms with Crippen LogP contribution >= 0.6 is 35.0 Å². The molecule has 3 rings (SSSR count). The molecule has 116 valence electrons. The van der Waals surface area contributed by atoms with Gasteiger partial charge in [0.05, 0.1) is 10.6 Å². The largest absolute Gasteiger partial charge is 0.508 e. The van der Waals surface area contributed by atoms with E-state index in [9.17, 15) is 14.7 Å². The first-order chi connectivity index (χ1) is 11.0. The third-order valence-electron chi connectivity index (χ3n) is 3.13. The summed E-state index contributed by atoms with van der Waals surface area (Å²) in [6, 6.07) is 10.8. The van der Waals surface area contributed by atoms with Gasteiger partial charge in [-0.05, 0) is 53.7 Å². The molecule has 4 nitrogen and oxygen atoms in total. The van der Waals surface area contributed by atoms with Gasteiger partial charge in [-0.15, -0.1) is 0 Å². The molecule has 23 heavy (non-hydrogen) atoms. The topological polar surface area (TPSA) is 57.6 Å². The van der Waals surface area contributed by atoms with Crippen LogP contribution in [0.3, 0.4) is 0 Å². The minimum atomic E-state index is -0.471. The Balaban J connectivity index is 1.98. The number of amides is 2. The molecule has 0 radical (unpaired) electrons. The number of phenols is 1. The van der Waals surface area contributed by atoms with Gasteiger partial charge in [-0.3, -0.25) is 9.59 Å². The molecule has 0 spiro atoms. The lowest BCUT2D eigenvalue weighted by Crippen LogP contribution is -2.27. The van der Waals surface area contributed by atoms with Gasteiger partial charge in [0.15, 0.2) is 0 Å². The summed E-state index contributed by atoms with van der Waals surface area (Å²) in [7, 11) is 0. The van der Waals surface area contributed by atoms with E-state index in [-0.39, 0.29) is 10.7 Å². The van der Waals surface area contributed by atoms with Crippen molar-refractivity contribution in [3.63, 3.8) is 0 Å². The standard InChI is InChI=1S/C16H9Cl2NO3S/c17-10-4-5-13(18)9(6-10)7-14-15(21)19(16(22)23-14)11-2-1-3-12(20)8-11/h1-8,20H/b14-7-. The van der Waals surface area contributed by atoms with Crippen LogP contribution in [0.1, 0.15) is 5.56 Å². The normalized spacial score (nSPS) is 16.4. The highest BCUT2D eigenvalue weighted by atomic mass is 35.5. The molecule has 1 saturated heterocycles. The van der Waals surface area contributed by atoms with Crippen LogP contribution in [-0.4, -0.2) is 16.3 Å². The SMILES string of the molecule is O=C1S/C(=C\c2cc(Cl)ccc2Cl)C(=O)N1c1cccc(O)c1. The highest BCUT2D eigenvalue weighted by Gasteiger charge is 2.36. The molecule has 0 bridgehead atoms. The Kier molecular flexibility index (Phi) is 4.35. The van der Waals surface area contributed by atoms with Gasteiger partial charge in [-0.2, -0.15) is 0 Å². The van der Waals surface area contributed by atoms with E-state index in [1.54, 1.807) is 30.3 Å². The molecular formula is C16H9Cl2NO3S. The quantitative estimate of drug-likeness (QED) is 0.765. The van der Waals surface area contributed by atoms with E-state index < -0.39 is 11.1 Å². The number of imide groups is 1. The highest BCUT2D eigenvalue weighted by Crippen LogP contribution is 2.37. The fourth-order valence-electron chi connectivity index (χ4n) is 2.09. The first-order valence-corrected chi connectivity index (χ1v) is 8.05. The van der Waals surface area contributed by atoms with E-state index in [2.05, 4.69) is 0 Å². The minimum absolute atomic E-state index is 0.0246. The molecule has 1 heterocycles. The molecular weight excluding hydrogens is 357 g/mol. The Labute approximate surface area is 146 Å². The van der Waals surface area contributed by atoms with Crippen molar-refractivity contribution >= 4 is 57.9 Å². The summed E-state index contributed by atoms with van der Waals surface area (Å²) >= 11 is 12.8. The second-order valence-electron chi connectivity index (χ2n) is 4.70. The number of hydrogen-bond acceptors (Lipinski definition) is 4. The van der Waals surface area contributed by atoms with Gasteiger partial charge < -0.3 is 5.11 Å². The molecule has 0 unspecified atom stereocenters. The van der Waals surface area contributed by atoms with Crippen molar-refractivity contribution in [2.45, 2.75) is 0 Å². The molecule has 1 aliphatic rings. The maximum absolute atomic E-state index is 12.5. The Morgan fingerprint density at radius 2 is 1.87 bits per heavy atom. The van der Waals surface area contributed by atoms with Gasteiger partial charge >= 0.3 is 0 Å². The molecule has 1 N–H and O–H groups in total. The van der Waals surface area contributed by atoms with Crippen LogP contribution in [0, 0.1) is 0 Å². The predicted octanol–water partition coefficient (Wildman–Crippen LogP) is 4.94. The number of benzene rings is 2. The number of phenolic OH excluding ortho intramolecular Hbond substituents is 1. The number of hydrogen-bond donors (Lipinski definition) is 1. The molecule has 1 aliphatic heterocycles. The summed E-state index contributed by atoms with van der Waals surface area (Å²) in [6.07, 6.45) is 1.53. The van der Waals surface area contributed by atoms with Crippen molar-refractivity contribution in [1.82, 2.24) is 0 Å². The van der Waals surface area contributed by atoms with Crippen LogP contribution in [0.5, 0.6) is 5.75 Å². The number of carbonyl (C=O) groups excluding carboxylic acids is 2. The average molecular weight is 366 g/mol. The number of carbonyl (C=O) groups is 2. The van der Waals surface area contributed by atoms with Gasteiger partial charge in [-0.1, -0.05) is 29.3 Å². The fourth-order valence-corrected chi connectivity index (χ4v) is 3.27. The lowest BCUT2D eigenvalue weighted by molar-refractivity contribution is -0.113. The van der Waals surface area contributed by atoms with Gasteiger partial charge in [0.2, 0.25) is 0 Å². The number of thioether (sulfide) groups is 1. The summed E-state index contributed by atoms with van der Waals surface area (Å²) in [4.78, 5) is 25.9. The van der Waals surface area contributed by atoms with Gasteiger partial charge in [0.25, 0.3) is 11.1 Å². The van der Waals surface area contributed by atoms with Crippen LogP contribution in [0.2, 0.25) is 10.0 Å². The third kappa shape index (κ3) is 3.22. The van der Waals surface area contributed by atoms with E-state index >= 15 is 0 Å². The molecule has 0 atom stereocenters. The Bertz CT molecular complexity index is 851. The minimum Gasteiger partial charge on any atom is -0.508 e.